The highest BCUT2D eigenvalue weighted by molar-refractivity contribution is 5.23. The number of nitrogens with one attached hydrogen (secondary N) is 1. The van der Waals surface area contributed by atoms with Gasteiger partial charge in [0.05, 0.1) is 0 Å². The first-order valence-electron chi connectivity index (χ1n) is 5.92. The summed E-state index contributed by atoms with van der Waals surface area (Å²) < 4.78 is 5.44. The van der Waals surface area contributed by atoms with Gasteiger partial charge in [-0.3, -0.25) is 4.79 Å². The Balaban J connectivity index is 2.45. The standard InChI is InChI=1S/C14H16N2O2/c1-3-11-9-12(17)16-14(15-11)13(18-2)10-7-5-4-6-8-10/h4-9,13H,3H2,1-2H3,(H,15,16,17). The third-order valence-corrected chi connectivity index (χ3v) is 2.76. The maximum absolute atomic E-state index is 11.6. The van der Waals surface area contributed by atoms with Crippen molar-refractivity contribution in [2.75, 3.05) is 7.11 Å². The van der Waals surface area contributed by atoms with Gasteiger partial charge in [-0.15, -0.1) is 0 Å². The van der Waals surface area contributed by atoms with Gasteiger partial charge in [-0.05, 0) is 12.0 Å². The van der Waals surface area contributed by atoms with Crippen LogP contribution in [0.25, 0.3) is 0 Å². The number of ether oxygens (including phenoxy) is 1. The third-order valence-electron chi connectivity index (χ3n) is 2.76. The molecule has 0 aliphatic rings. The smallest absolute Gasteiger partial charge is 0.251 e. The van der Waals surface area contributed by atoms with Crippen molar-refractivity contribution in [3.63, 3.8) is 0 Å². The summed E-state index contributed by atoms with van der Waals surface area (Å²) in [6.07, 6.45) is 0.382. The molecule has 1 aromatic carbocycles. The van der Waals surface area contributed by atoms with Crippen LogP contribution in [-0.2, 0) is 11.2 Å². The number of aryl methyl sites for hydroxylation is 1. The largest absolute Gasteiger partial charge is 0.369 e. The Morgan fingerprint density at radius 1 is 1.33 bits per heavy atom. The Morgan fingerprint density at radius 2 is 2.06 bits per heavy atom. The lowest BCUT2D eigenvalue weighted by molar-refractivity contribution is 0.128. The van der Waals surface area contributed by atoms with Crippen LogP contribution in [0.15, 0.2) is 41.2 Å². The van der Waals surface area contributed by atoms with Gasteiger partial charge in [-0.25, -0.2) is 4.98 Å². The zero-order valence-corrected chi connectivity index (χ0v) is 10.5. The van der Waals surface area contributed by atoms with Crippen molar-refractivity contribution in [3.05, 3.63) is 63.8 Å². The van der Waals surface area contributed by atoms with E-state index in [1.165, 1.54) is 6.07 Å². The van der Waals surface area contributed by atoms with E-state index in [0.29, 0.717) is 5.82 Å². The molecule has 1 aromatic heterocycles. The molecule has 0 bridgehead atoms. The summed E-state index contributed by atoms with van der Waals surface area (Å²) in [7, 11) is 1.61. The minimum absolute atomic E-state index is 0.144. The van der Waals surface area contributed by atoms with E-state index in [4.69, 9.17) is 4.74 Å². The molecule has 2 rings (SSSR count). The lowest BCUT2D eigenvalue weighted by Gasteiger charge is -2.15. The highest BCUT2D eigenvalue weighted by Crippen LogP contribution is 2.21. The van der Waals surface area contributed by atoms with Gasteiger partial charge in [0.15, 0.2) is 0 Å². The Morgan fingerprint density at radius 3 is 2.67 bits per heavy atom. The van der Waals surface area contributed by atoms with Crippen LogP contribution in [0.3, 0.4) is 0 Å². The number of hydrogen-bond acceptors (Lipinski definition) is 3. The zero-order chi connectivity index (χ0) is 13.0. The molecule has 2 aromatic rings. The number of aromatic amines is 1. The molecule has 18 heavy (non-hydrogen) atoms. The molecule has 1 atom stereocenters. The highest BCUT2D eigenvalue weighted by Gasteiger charge is 2.16. The van der Waals surface area contributed by atoms with Crippen LogP contribution in [0.2, 0.25) is 0 Å². The van der Waals surface area contributed by atoms with Gasteiger partial charge in [0, 0.05) is 18.9 Å². The van der Waals surface area contributed by atoms with Gasteiger partial charge in [-0.1, -0.05) is 37.3 Å². The van der Waals surface area contributed by atoms with Gasteiger partial charge in [0.2, 0.25) is 0 Å². The maximum Gasteiger partial charge on any atom is 0.251 e. The molecule has 1 unspecified atom stereocenters. The van der Waals surface area contributed by atoms with Crippen LogP contribution >= 0.6 is 0 Å². The second-order valence-electron chi connectivity index (χ2n) is 4.00. The minimum atomic E-state index is -0.342. The lowest BCUT2D eigenvalue weighted by atomic mass is 10.1. The van der Waals surface area contributed by atoms with E-state index in [1.807, 2.05) is 37.3 Å². The first kappa shape index (κ1) is 12.5. The van der Waals surface area contributed by atoms with Crippen molar-refractivity contribution in [3.8, 4) is 0 Å². The average molecular weight is 244 g/mol. The van der Waals surface area contributed by atoms with Gasteiger partial charge < -0.3 is 9.72 Å². The second kappa shape index (κ2) is 5.60. The van der Waals surface area contributed by atoms with Crippen molar-refractivity contribution >= 4 is 0 Å². The highest BCUT2D eigenvalue weighted by atomic mass is 16.5. The molecule has 0 radical (unpaired) electrons. The number of H-pyrrole nitrogens is 1. The van der Waals surface area contributed by atoms with Crippen LogP contribution in [0.5, 0.6) is 0 Å². The van der Waals surface area contributed by atoms with Gasteiger partial charge in [0.25, 0.3) is 5.56 Å². The summed E-state index contributed by atoms with van der Waals surface area (Å²) in [5.41, 5.74) is 1.60. The van der Waals surface area contributed by atoms with Crippen molar-refractivity contribution in [2.24, 2.45) is 0 Å². The normalized spacial score (nSPS) is 12.3. The molecule has 1 heterocycles. The fourth-order valence-corrected chi connectivity index (χ4v) is 1.87. The monoisotopic (exact) mass is 244 g/mol. The number of rotatable bonds is 4. The average Bonchev–Trinajstić information content (AvgIpc) is 2.40. The van der Waals surface area contributed by atoms with Crippen LogP contribution < -0.4 is 5.56 Å². The van der Waals surface area contributed by atoms with E-state index in [0.717, 1.165) is 17.7 Å². The predicted molar refractivity (Wildman–Crippen MR) is 69.5 cm³/mol. The van der Waals surface area contributed by atoms with E-state index >= 15 is 0 Å². The Bertz CT molecular complexity index is 564. The fraction of sp³-hybridized carbons (Fsp3) is 0.286. The van der Waals surface area contributed by atoms with Crippen molar-refractivity contribution in [1.29, 1.82) is 0 Å². The topological polar surface area (TPSA) is 55.0 Å². The van der Waals surface area contributed by atoms with Crippen molar-refractivity contribution in [1.82, 2.24) is 9.97 Å². The molecule has 0 amide bonds. The van der Waals surface area contributed by atoms with Crippen LogP contribution in [0.1, 0.15) is 30.1 Å². The molecule has 1 N–H and O–H groups in total. The summed E-state index contributed by atoms with van der Waals surface area (Å²) in [5.74, 6) is 0.549. The summed E-state index contributed by atoms with van der Waals surface area (Å²) in [6.45, 7) is 1.97. The Hall–Kier alpha value is -1.94. The lowest BCUT2D eigenvalue weighted by Crippen LogP contribution is -2.17. The minimum Gasteiger partial charge on any atom is -0.369 e. The number of nitrogens with zero attached hydrogens (tertiary/aromatic N) is 1. The summed E-state index contributed by atoms with van der Waals surface area (Å²) in [5, 5.41) is 0. The van der Waals surface area contributed by atoms with E-state index in [2.05, 4.69) is 9.97 Å². The van der Waals surface area contributed by atoms with Crippen LogP contribution in [0, 0.1) is 0 Å². The van der Waals surface area contributed by atoms with Gasteiger partial charge >= 0.3 is 0 Å². The van der Waals surface area contributed by atoms with Crippen LogP contribution in [-0.4, -0.2) is 17.1 Å². The first-order chi connectivity index (χ1) is 8.74. The van der Waals surface area contributed by atoms with Crippen molar-refractivity contribution < 1.29 is 4.74 Å². The van der Waals surface area contributed by atoms with Crippen LogP contribution in [0.4, 0.5) is 0 Å². The second-order valence-corrected chi connectivity index (χ2v) is 4.00. The number of benzene rings is 1. The Labute approximate surface area is 106 Å². The molecule has 4 nitrogen and oxygen atoms in total. The van der Waals surface area contributed by atoms with E-state index < -0.39 is 0 Å². The molecule has 4 heteroatoms. The zero-order valence-electron chi connectivity index (χ0n) is 10.5. The number of hydrogen-bond donors (Lipinski definition) is 1. The maximum atomic E-state index is 11.6. The van der Waals surface area contributed by atoms with E-state index in [1.54, 1.807) is 7.11 Å². The molecular weight excluding hydrogens is 228 g/mol. The summed E-state index contributed by atoms with van der Waals surface area (Å²) in [4.78, 5) is 18.7. The molecule has 0 saturated heterocycles. The number of methoxy groups -OCH3 is 1. The van der Waals surface area contributed by atoms with Crippen molar-refractivity contribution in [2.45, 2.75) is 19.4 Å². The summed E-state index contributed by atoms with van der Waals surface area (Å²) in [6, 6.07) is 11.2. The molecule has 0 aliphatic carbocycles. The molecule has 0 spiro atoms. The molecule has 0 saturated carbocycles. The SMILES string of the molecule is CCc1cc(=O)[nH]c(C(OC)c2ccccc2)n1. The van der Waals surface area contributed by atoms with Gasteiger partial charge in [-0.2, -0.15) is 0 Å². The fourth-order valence-electron chi connectivity index (χ4n) is 1.87. The predicted octanol–water partition coefficient (Wildman–Crippen LogP) is 2.07. The number of aromatic nitrogens is 2. The quantitative estimate of drug-likeness (QED) is 0.895. The summed E-state index contributed by atoms with van der Waals surface area (Å²) >= 11 is 0. The molecule has 0 fully saturated rings. The molecule has 94 valence electrons. The third kappa shape index (κ3) is 2.65. The Kier molecular flexibility index (Phi) is 3.89. The molecular formula is C14H16N2O2. The molecule has 0 aliphatic heterocycles. The van der Waals surface area contributed by atoms with E-state index in [9.17, 15) is 4.79 Å². The first-order valence-corrected chi connectivity index (χ1v) is 5.92. The van der Waals surface area contributed by atoms with E-state index in [-0.39, 0.29) is 11.7 Å². The van der Waals surface area contributed by atoms with Gasteiger partial charge in [0.1, 0.15) is 11.9 Å².